The molecule has 84 valence electrons. The molecule has 0 aliphatic carbocycles. The number of benzene rings is 1. The quantitative estimate of drug-likeness (QED) is 0.638. The Morgan fingerprint density at radius 3 is 2.33 bits per heavy atom. The summed E-state index contributed by atoms with van der Waals surface area (Å²) in [6.07, 6.45) is 1.60. The Balaban J connectivity index is 0.00000144. The zero-order valence-electron chi connectivity index (χ0n) is 8.28. The second-order valence-electron chi connectivity index (χ2n) is 3.06. The third-order valence-electron chi connectivity index (χ3n) is 1.87. The van der Waals surface area contributed by atoms with Crippen molar-refractivity contribution in [3.8, 4) is 11.5 Å². The number of phenolic OH excluding ortho intramolecular Hbond substituents is 2. The monoisotopic (exact) mass is 263 g/mol. The van der Waals surface area contributed by atoms with E-state index in [-0.39, 0.29) is 76.3 Å². The van der Waals surface area contributed by atoms with Gasteiger partial charge in [-0.15, -0.1) is 10.2 Å². The van der Waals surface area contributed by atoms with Crippen LogP contribution >= 0.6 is 0 Å². The first-order chi connectivity index (χ1) is 7.75. The molecule has 0 radical (unpaired) electrons. The van der Waals surface area contributed by atoms with Gasteiger partial charge in [0.1, 0.15) is 17.2 Å². The predicted octanol–water partition coefficient (Wildman–Crippen LogP) is 1.61. The van der Waals surface area contributed by atoms with Gasteiger partial charge < -0.3 is 10.2 Å². The molecule has 0 unspecified atom stereocenters. The fourth-order valence-corrected chi connectivity index (χ4v) is 1.11. The molecule has 0 saturated heterocycles. The minimum atomic E-state index is -0.125. The van der Waals surface area contributed by atoms with Crippen LogP contribution in [0.2, 0.25) is 0 Å². The SMILES string of the molecule is Oc1ccc(/N=N/c2ccccn2)c(O)c1.[NaH].[NaH]. The Morgan fingerprint density at radius 1 is 0.944 bits per heavy atom. The topological polar surface area (TPSA) is 78.1 Å². The van der Waals surface area contributed by atoms with Gasteiger partial charge in [-0.1, -0.05) is 6.07 Å². The van der Waals surface area contributed by atoms with Crippen molar-refractivity contribution >= 4 is 70.6 Å². The third-order valence-corrected chi connectivity index (χ3v) is 1.87. The van der Waals surface area contributed by atoms with Gasteiger partial charge >= 0.3 is 59.1 Å². The molecular formula is C11H11N3Na2O2. The zero-order chi connectivity index (χ0) is 11.4. The van der Waals surface area contributed by atoms with Crippen LogP contribution in [0.15, 0.2) is 52.8 Å². The number of rotatable bonds is 2. The second-order valence-corrected chi connectivity index (χ2v) is 3.06. The van der Waals surface area contributed by atoms with E-state index in [4.69, 9.17) is 5.11 Å². The van der Waals surface area contributed by atoms with Crippen LogP contribution in [0.1, 0.15) is 0 Å². The minimum absolute atomic E-state index is 0. The van der Waals surface area contributed by atoms with Gasteiger partial charge in [0, 0.05) is 12.3 Å². The van der Waals surface area contributed by atoms with Gasteiger partial charge in [-0.05, 0) is 24.3 Å². The van der Waals surface area contributed by atoms with Crippen LogP contribution in [-0.4, -0.2) is 74.3 Å². The molecule has 2 N–H and O–H groups in total. The molecule has 7 heteroatoms. The predicted molar refractivity (Wildman–Crippen MR) is 72.5 cm³/mol. The van der Waals surface area contributed by atoms with Crippen LogP contribution in [-0.2, 0) is 0 Å². The maximum atomic E-state index is 9.44. The van der Waals surface area contributed by atoms with Crippen LogP contribution in [0, 0.1) is 0 Å². The first kappa shape index (κ1) is 17.6. The Labute approximate surface area is 149 Å². The first-order valence-electron chi connectivity index (χ1n) is 4.60. The van der Waals surface area contributed by atoms with E-state index in [1.807, 2.05) is 0 Å². The van der Waals surface area contributed by atoms with Crippen LogP contribution in [0.4, 0.5) is 11.5 Å². The maximum absolute atomic E-state index is 9.44. The van der Waals surface area contributed by atoms with E-state index in [9.17, 15) is 5.11 Å². The van der Waals surface area contributed by atoms with E-state index in [0.717, 1.165) is 0 Å². The summed E-state index contributed by atoms with van der Waals surface area (Å²) < 4.78 is 0. The number of hydrogen-bond donors (Lipinski definition) is 2. The number of phenols is 2. The molecule has 1 aromatic carbocycles. The summed E-state index contributed by atoms with van der Waals surface area (Å²) in [5, 5.41) is 26.2. The van der Waals surface area contributed by atoms with Crippen LogP contribution < -0.4 is 0 Å². The summed E-state index contributed by atoms with van der Waals surface area (Å²) in [7, 11) is 0. The second kappa shape index (κ2) is 8.63. The van der Waals surface area contributed by atoms with Crippen LogP contribution in [0.3, 0.4) is 0 Å². The van der Waals surface area contributed by atoms with Gasteiger partial charge in [-0.2, -0.15) is 0 Å². The van der Waals surface area contributed by atoms with E-state index >= 15 is 0 Å². The van der Waals surface area contributed by atoms with Crippen molar-refractivity contribution in [2.75, 3.05) is 0 Å². The normalized spacial score (nSPS) is 9.56. The molecule has 1 heterocycles. The Morgan fingerprint density at radius 2 is 1.72 bits per heavy atom. The first-order valence-corrected chi connectivity index (χ1v) is 4.60. The fraction of sp³-hybridized carbons (Fsp3) is 0. The molecule has 0 fully saturated rings. The summed E-state index contributed by atoms with van der Waals surface area (Å²) in [5.41, 5.74) is 0.281. The number of azo groups is 1. The molecule has 0 amide bonds. The number of aromatic nitrogens is 1. The van der Waals surface area contributed by atoms with Gasteiger partial charge in [0.05, 0.1) is 0 Å². The molecule has 0 atom stereocenters. The van der Waals surface area contributed by atoms with Gasteiger partial charge in [0.15, 0.2) is 5.82 Å². The molecule has 0 aliphatic rings. The van der Waals surface area contributed by atoms with Crippen molar-refractivity contribution in [3.05, 3.63) is 42.6 Å². The number of pyridine rings is 1. The average molecular weight is 263 g/mol. The van der Waals surface area contributed by atoms with E-state index in [2.05, 4.69) is 15.2 Å². The van der Waals surface area contributed by atoms with Gasteiger partial charge in [-0.3, -0.25) is 0 Å². The van der Waals surface area contributed by atoms with Gasteiger partial charge in [0.2, 0.25) is 0 Å². The number of hydrogen-bond acceptors (Lipinski definition) is 5. The van der Waals surface area contributed by atoms with Crippen molar-refractivity contribution in [2.24, 2.45) is 10.2 Å². The van der Waals surface area contributed by atoms with Gasteiger partial charge in [0.25, 0.3) is 0 Å². The van der Waals surface area contributed by atoms with Crippen LogP contribution in [0.25, 0.3) is 0 Å². The number of aromatic hydroxyl groups is 2. The molecule has 1 aromatic heterocycles. The van der Waals surface area contributed by atoms with Crippen LogP contribution in [0.5, 0.6) is 11.5 Å². The summed E-state index contributed by atoms with van der Waals surface area (Å²) in [5.74, 6) is 0.309. The van der Waals surface area contributed by atoms with E-state index in [0.29, 0.717) is 5.82 Å². The Bertz CT molecular complexity index is 521. The average Bonchev–Trinajstić information content (AvgIpc) is 2.29. The standard InChI is InChI=1S/C11H9N3O2.2Na.2H/c15-8-4-5-9(10(16)7-8)13-14-11-3-1-2-6-12-11;;;;/h1-7,15-16H;;;;/b14-13+;;;;. The molecule has 0 aliphatic heterocycles. The molecular weight excluding hydrogens is 252 g/mol. The fourth-order valence-electron chi connectivity index (χ4n) is 1.11. The van der Waals surface area contributed by atoms with E-state index in [1.54, 1.807) is 24.4 Å². The molecule has 0 bridgehead atoms. The molecule has 2 rings (SSSR count). The van der Waals surface area contributed by atoms with Crippen molar-refractivity contribution in [2.45, 2.75) is 0 Å². The molecule has 2 aromatic rings. The summed E-state index contributed by atoms with van der Waals surface area (Å²) >= 11 is 0. The molecule has 0 spiro atoms. The Hall–Kier alpha value is -0.430. The Kier molecular flexibility index (Phi) is 8.43. The number of nitrogens with zero attached hydrogens (tertiary/aromatic N) is 3. The van der Waals surface area contributed by atoms with E-state index < -0.39 is 0 Å². The molecule has 18 heavy (non-hydrogen) atoms. The van der Waals surface area contributed by atoms with Crippen molar-refractivity contribution in [1.82, 2.24) is 4.98 Å². The third kappa shape index (κ3) is 5.06. The summed E-state index contributed by atoms with van der Waals surface area (Å²) in [6, 6.07) is 9.35. The molecule has 5 nitrogen and oxygen atoms in total. The van der Waals surface area contributed by atoms with Crippen molar-refractivity contribution in [3.63, 3.8) is 0 Å². The zero-order valence-corrected chi connectivity index (χ0v) is 8.28. The summed E-state index contributed by atoms with van der Waals surface area (Å²) in [4.78, 5) is 3.95. The van der Waals surface area contributed by atoms with Crippen molar-refractivity contribution < 1.29 is 10.2 Å². The molecule has 0 saturated carbocycles. The van der Waals surface area contributed by atoms with Crippen molar-refractivity contribution in [1.29, 1.82) is 0 Å². The van der Waals surface area contributed by atoms with Gasteiger partial charge in [-0.25, -0.2) is 4.98 Å². The van der Waals surface area contributed by atoms with E-state index in [1.165, 1.54) is 18.2 Å². The summed E-state index contributed by atoms with van der Waals surface area (Å²) in [6.45, 7) is 0.